The van der Waals surface area contributed by atoms with Crippen molar-refractivity contribution in [2.24, 2.45) is 5.73 Å². The van der Waals surface area contributed by atoms with Gasteiger partial charge in [0.2, 0.25) is 0 Å². The van der Waals surface area contributed by atoms with Crippen LogP contribution in [0.2, 0.25) is 0 Å². The Labute approximate surface area is 90.9 Å². The molecule has 5 heteroatoms. The molecule has 1 heterocycles. The van der Waals surface area contributed by atoms with Crippen molar-refractivity contribution in [2.45, 2.75) is 6.42 Å². The van der Waals surface area contributed by atoms with E-state index in [1.54, 1.807) is 0 Å². The van der Waals surface area contributed by atoms with E-state index in [1.807, 2.05) is 0 Å². The average molecular weight is 224 g/mol. The molecule has 2 rings (SSSR count). The van der Waals surface area contributed by atoms with E-state index in [9.17, 15) is 8.78 Å². The Morgan fingerprint density at radius 2 is 1.88 bits per heavy atom. The lowest BCUT2D eigenvalue weighted by Gasteiger charge is -1.97. The van der Waals surface area contributed by atoms with Crippen LogP contribution < -0.4 is 5.73 Å². The van der Waals surface area contributed by atoms with Crippen molar-refractivity contribution in [1.29, 1.82) is 0 Å². The molecule has 0 aliphatic rings. The van der Waals surface area contributed by atoms with Crippen molar-refractivity contribution in [3.8, 4) is 11.3 Å². The summed E-state index contributed by atoms with van der Waals surface area (Å²) >= 11 is 0. The van der Waals surface area contributed by atoms with Crippen molar-refractivity contribution in [3.63, 3.8) is 0 Å². The number of oxazole rings is 1. The summed E-state index contributed by atoms with van der Waals surface area (Å²) in [6.45, 7) is 0.414. The Morgan fingerprint density at radius 3 is 2.50 bits per heavy atom. The van der Waals surface area contributed by atoms with Gasteiger partial charge in [-0.05, 0) is 12.1 Å². The molecule has 3 nitrogen and oxygen atoms in total. The second kappa shape index (κ2) is 4.40. The third kappa shape index (κ3) is 2.25. The van der Waals surface area contributed by atoms with Crippen molar-refractivity contribution in [3.05, 3.63) is 41.9 Å². The second-order valence-electron chi connectivity index (χ2n) is 3.32. The van der Waals surface area contributed by atoms with Crippen molar-refractivity contribution >= 4 is 0 Å². The molecule has 2 aromatic rings. The SMILES string of the molecule is NCCc1ncc(-c2cc(F)cc(F)c2)o1. The first-order valence-corrected chi connectivity index (χ1v) is 4.80. The van der Waals surface area contributed by atoms with E-state index in [1.165, 1.54) is 18.3 Å². The van der Waals surface area contributed by atoms with Gasteiger partial charge in [-0.1, -0.05) is 0 Å². The van der Waals surface area contributed by atoms with Gasteiger partial charge in [-0.25, -0.2) is 13.8 Å². The zero-order chi connectivity index (χ0) is 11.5. The Bertz CT molecular complexity index is 476. The zero-order valence-corrected chi connectivity index (χ0v) is 8.41. The van der Waals surface area contributed by atoms with Gasteiger partial charge in [0.25, 0.3) is 0 Å². The Morgan fingerprint density at radius 1 is 1.19 bits per heavy atom. The molecular weight excluding hydrogens is 214 g/mol. The first-order valence-electron chi connectivity index (χ1n) is 4.80. The molecule has 0 amide bonds. The highest BCUT2D eigenvalue weighted by molar-refractivity contribution is 5.56. The van der Waals surface area contributed by atoms with Gasteiger partial charge in [0, 0.05) is 24.6 Å². The largest absolute Gasteiger partial charge is 0.441 e. The maximum Gasteiger partial charge on any atom is 0.196 e. The molecule has 0 saturated heterocycles. The second-order valence-corrected chi connectivity index (χ2v) is 3.32. The van der Waals surface area contributed by atoms with E-state index in [0.29, 0.717) is 30.2 Å². The fraction of sp³-hybridized carbons (Fsp3) is 0.182. The highest BCUT2D eigenvalue weighted by Crippen LogP contribution is 2.22. The molecule has 1 aromatic heterocycles. The minimum Gasteiger partial charge on any atom is -0.441 e. The van der Waals surface area contributed by atoms with Crippen LogP contribution in [0.1, 0.15) is 5.89 Å². The minimum atomic E-state index is -0.647. The lowest BCUT2D eigenvalue weighted by atomic mass is 10.2. The van der Waals surface area contributed by atoms with Crippen molar-refractivity contribution in [1.82, 2.24) is 4.98 Å². The summed E-state index contributed by atoms with van der Waals surface area (Å²) in [5, 5.41) is 0. The molecule has 84 valence electrons. The normalized spacial score (nSPS) is 10.7. The monoisotopic (exact) mass is 224 g/mol. The van der Waals surface area contributed by atoms with E-state index in [-0.39, 0.29) is 0 Å². The van der Waals surface area contributed by atoms with E-state index < -0.39 is 11.6 Å². The molecule has 0 fully saturated rings. The molecule has 0 atom stereocenters. The molecule has 0 bridgehead atoms. The summed E-state index contributed by atoms with van der Waals surface area (Å²) in [7, 11) is 0. The molecule has 0 unspecified atom stereocenters. The number of nitrogens with two attached hydrogens (primary N) is 1. The summed E-state index contributed by atoms with van der Waals surface area (Å²) in [6, 6.07) is 3.19. The minimum absolute atomic E-state index is 0.327. The summed E-state index contributed by atoms with van der Waals surface area (Å²) < 4.78 is 31.2. The van der Waals surface area contributed by atoms with E-state index >= 15 is 0 Å². The quantitative estimate of drug-likeness (QED) is 0.868. The van der Waals surface area contributed by atoms with E-state index in [2.05, 4.69) is 4.98 Å². The maximum atomic E-state index is 12.9. The molecule has 16 heavy (non-hydrogen) atoms. The summed E-state index contributed by atoms with van der Waals surface area (Å²) in [4.78, 5) is 3.95. The Balaban J connectivity index is 2.34. The first kappa shape index (κ1) is 10.8. The number of nitrogens with zero attached hydrogens (tertiary/aromatic N) is 1. The van der Waals surface area contributed by atoms with Crippen LogP contribution in [0.3, 0.4) is 0 Å². The van der Waals surface area contributed by atoms with Gasteiger partial charge in [0.15, 0.2) is 11.7 Å². The van der Waals surface area contributed by atoms with Crippen LogP contribution in [0.15, 0.2) is 28.8 Å². The molecule has 0 aliphatic carbocycles. The summed E-state index contributed by atoms with van der Waals surface area (Å²) in [5.41, 5.74) is 5.66. The van der Waals surface area contributed by atoms with Crippen LogP contribution in [0.5, 0.6) is 0 Å². The highest BCUT2D eigenvalue weighted by Gasteiger charge is 2.08. The van der Waals surface area contributed by atoms with Gasteiger partial charge in [-0.15, -0.1) is 0 Å². The third-order valence-electron chi connectivity index (χ3n) is 2.06. The van der Waals surface area contributed by atoms with Crippen LogP contribution in [0.4, 0.5) is 8.78 Å². The number of hydrogen-bond acceptors (Lipinski definition) is 3. The van der Waals surface area contributed by atoms with Crippen LogP contribution in [-0.4, -0.2) is 11.5 Å². The summed E-state index contributed by atoms with van der Waals surface area (Å²) in [5.74, 6) is -0.498. The molecule has 0 spiro atoms. The van der Waals surface area contributed by atoms with Gasteiger partial charge >= 0.3 is 0 Å². The van der Waals surface area contributed by atoms with Crippen LogP contribution >= 0.6 is 0 Å². The smallest absolute Gasteiger partial charge is 0.196 e. The fourth-order valence-electron chi connectivity index (χ4n) is 1.38. The number of rotatable bonds is 3. The molecular formula is C11H10F2N2O. The predicted octanol–water partition coefficient (Wildman–Crippen LogP) is 2.12. The molecule has 2 N–H and O–H groups in total. The van der Waals surface area contributed by atoms with Crippen molar-refractivity contribution in [2.75, 3.05) is 6.54 Å². The van der Waals surface area contributed by atoms with E-state index in [0.717, 1.165) is 6.07 Å². The van der Waals surface area contributed by atoms with Gasteiger partial charge in [-0.3, -0.25) is 0 Å². The lowest BCUT2D eigenvalue weighted by Crippen LogP contribution is -2.02. The predicted molar refractivity (Wildman–Crippen MR) is 54.6 cm³/mol. The standard InChI is InChI=1S/C11H10F2N2O/c12-8-3-7(4-9(13)5-8)10-6-15-11(16-10)1-2-14/h3-6H,1-2,14H2. The molecule has 0 aliphatic heterocycles. The fourth-order valence-corrected chi connectivity index (χ4v) is 1.38. The van der Waals surface area contributed by atoms with Gasteiger partial charge in [0.1, 0.15) is 11.6 Å². The Hall–Kier alpha value is -1.75. The van der Waals surface area contributed by atoms with Crippen LogP contribution in [0, 0.1) is 11.6 Å². The number of hydrogen-bond donors (Lipinski definition) is 1. The van der Waals surface area contributed by atoms with Crippen molar-refractivity contribution < 1.29 is 13.2 Å². The van der Waals surface area contributed by atoms with Crippen LogP contribution in [0.25, 0.3) is 11.3 Å². The summed E-state index contributed by atoms with van der Waals surface area (Å²) in [6.07, 6.45) is 1.93. The van der Waals surface area contributed by atoms with Gasteiger partial charge in [-0.2, -0.15) is 0 Å². The Kier molecular flexibility index (Phi) is 2.96. The van der Waals surface area contributed by atoms with Crippen LogP contribution in [-0.2, 0) is 6.42 Å². The number of benzene rings is 1. The topological polar surface area (TPSA) is 52.0 Å². The molecule has 0 saturated carbocycles. The van der Waals surface area contributed by atoms with Gasteiger partial charge in [0.05, 0.1) is 6.20 Å². The maximum absolute atomic E-state index is 12.9. The number of aromatic nitrogens is 1. The lowest BCUT2D eigenvalue weighted by molar-refractivity contribution is 0.506. The number of halogens is 2. The average Bonchev–Trinajstić information content (AvgIpc) is 2.65. The molecule has 0 radical (unpaired) electrons. The highest BCUT2D eigenvalue weighted by atomic mass is 19.1. The van der Waals surface area contributed by atoms with Gasteiger partial charge < -0.3 is 10.2 Å². The molecule has 1 aromatic carbocycles. The first-order chi connectivity index (χ1) is 7.69. The zero-order valence-electron chi connectivity index (χ0n) is 8.41. The third-order valence-corrected chi connectivity index (χ3v) is 2.06. The van der Waals surface area contributed by atoms with E-state index in [4.69, 9.17) is 10.2 Å².